The van der Waals surface area contributed by atoms with Gasteiger partial charge < -0.3 is 20.1 Å². The fourth-order valence-corrected chi connectivity index (χ4v) is 2.41. The van der Waals surface area contributed by atoms with Crippen LogP contribution in [0.5, 0.6) is 11.5 Å². The summed E-state index contributed by atoms with van der Waals surface area (Å²) in [5, 5.41) is 6.18. The van der Waals surface area contributed by atoms with Crippen LogP contribution in [0, 0.1) is 0 Å². The highest BCUT2D eigenvalue weighted by molar-refractivity contribution is 5.92. The van der Waals surface area contributed by atoms with Crippen LogP contribution in [0.15, 0.2) is 48.5 Å². The molecular weight excluding hydrogens is 316 g/mol. The van der Waals surface area contributed by atoms with Crippen LogP contribution >= 0.6 is 0 Å². The van der Waals surface area contributed by atoms with Crippen LogP contribution in [0.1, 0.15) is 25.8 Å². The maximum Gasteiger partial charge on any atom is 0.225 e. The van der Waals surface area contributed by atoms with Gasteiger partial charge in [-0.1, -0.05) is 30.3 Å². The lowest BCUT2D eigenvalue weighted by atomic mass is 10.2. The summed E-state index contributed by atoms with van der Waals surface area (Å²) in [6.07, 6.45) is 0.436. The molecule has 5 heteroatoms. The van der Waals surface area contributed by atoms with E-state index in [-0.39, 0.29) is 12.0 Å². The van der Waals surface area contributed by atoms with Crippen molar-refractivity contribution in [3.63, 3.8) is 0 Å². The van der Waals surface area contributed by atoms with E-state index in [1.165, 1.54) is 0 Å². The Balaban J connectivity index is 1.80. The highest BCUT2D eigenvalue weighted by Gasteiger charge is 2.09. The van der Waals surface area contributed by atoms with Gasteiger partial charge in [0.2, 0.25) is 5.91 Å². The van der Waals surface area contributed by atoms with Crippen LogP contribution in [-0.4, -0.2) is 25.7 Å². The van der Waals surface area contributed by atoms with E-state index in [0.29, 0.717) is 30.9 Å². The summed E-state index contributed by atoms with van der Waals surface area (Å²) >= 11 is 0. The van der Waals surface area contributed by atoms with Crippen LogP contribution in [0.4, 0.5) is 5.69 Å². The third-order valence-electron chi connectivity index (χ3n) is 3.56. The Labute approximate surface area is 149 Å². The van der Waals surface area contributed by atoms with Gasteiger partial charge in [0.05, 0.1) is 18.9 Å². The molecule has 0 unspecified atom stereocenters. The third kappa shape index (κ3) is 6.12. The molecule has 0 spiro atoms. The van der Waals surface area contributed by atoms with E-state index in [1.54, 1.807) is 7.11 Å². The number of amides is 1. The number of nitrogens with one attached hydrogen (secondary N) is 2. The summed E-state index contributed by atoms with van der Waals surface area (Å²) in [5.74, 6) is 1.49. The minimum Gasteiger partial charge on any atom is -0.496 e. The fraction of sp³-hybridized carbons (Fsp3) is 0.350. The van der Waals surface area contributed by atoms with Gasteiger partial charge in [-0.05, 0) is 32.0 Å². The zero-order chi connectivity index (χ0) is 18.1. The van der Waals surface area contributed by atoms with Crippen LogP contribution in [0.3, 0.4) is 0 Å². The van der Waals surface area contributed by atoms with E-state index in [2.05, 4.69) is 10.6 Å². The molecule has 0 heterocycles. The van der Waals surface area contributed by atoms with Crippen LogP contribution in [0.25, 0.3) is 0 Å². The van der Waals surface area contributed by atoms with Gasteiger partial charge in [-0.15, -0.1) is 0 Å². The van der Waals surface area contributed by atoms with E-state index < -0.39 is 0 Å². The topological polar surface area (TPSA) is 59.6 Å². The lowest BCUT2D eigenvalue weighted by molar-refractivity contribution is -0.116. The first kappa shape index (κ1) is 18.8. The summed E-state index contributed by atoms with van der Waals surface area (Å²) in [4.78, 5) is 12.2. The van der Waals surface area contributed by atoms with E-state index in [1.807, 2.05) is 62.4 Å². The summed E-state index contributed by atoms with van der Waals surface area (Å²) in [7, 11) is 1.66. The molecule has 5 nitrogen and oxygen atoms in total. The molecule has 2 aromatic rings. The molecule has 0 aliphatic rings. The van der Waals surface area contributed by atoms with Crippen LogP contribution in [0.2, 0.25) is 0 Å². The molecule has 0 aliphatic heterocycles. The van der Waals surface area contributed by atoms with Gasteiger partial charge in [-0.3, -0.25) is 4.79 Å². The number of methoxy groups -OCH3 is 1. The zero-order valence-electron chi connectivity index (χ0n) is 15.0. The highest BCUT2D eigenvalue weighted by atomic mass is 16.5. The number of carbonyl (C=O) groups is 1. The summed E-state index contributed by atoms with van der Waals surface area (Å²) < 4.78 is 11.0. The molecule has 0 radical (unpaired) electrons. The fourth-order valence-electron chi connectivity index (χ4n) is 2.41. The first-order valence-corrected chi connectivity index (χ1v) is 8.48. The van der Waals surface area contributed by atoms with Crippen molar-refractivity contribution in [3.8, 4) is 11.5 Å². The SMILES string of the molecule is COc1ccccc1CNCCC(=O)Nc1ccccc1OC(C)C. The largest absolute Gasteiger partial charge is 0.496 e. The van der Waals surface area contributed by atoms with Gasteiger partial charge in [0.25, 0.3) is 0 Å². The number of hydrogen-bond acceptors (Lipinski definition) is 4. The maximum atomic E-state index is 12.2. The molecular formula is C20H26N2O3. The van der Waals surface area contributed by atoms with E-state index >= 15 is 0 Å². The van der Waals surface area contributed by atoms with Crippen molar-refractivity contribution in [2.45, 2.75) is 32.9 Å². The molecule has 0 aliphatic carbocycles. The van der Waals surface area contributed by atoms with E-state index in [4.69, 9.17) is 9.47 Å². The molecule has 2 rings (SSSR count). The monoisotopic (exact) mass is 342 g/mol. The molecule has 0 atom stereocenters. The molecule has 2 aromatic carbocycles. The van der Waals surface area contributed by atoms with Crippen molar-refractivity contribution in [1.82, 2.24) is 5.32 Å². The second-order valence-corrected chi connectivity index (χ2v) is 5.95. The third-order valence-corrected chi connectivity index (χ3v) is 3.56. The number of para-hydroxylation sites is 3. The lowest BCUT2D eigenvalue weighted by Gasteiger charge is -2.15. The number of anilines is 1. The van der Waals surface area contributed by atoms with Gasteiger partial charge >= 0.3 is 0 Å². The first-order chi connectivity index (χ1) is 12.1. The second-order valence-electron chi connectivity index (χ2n) is 5.95. The number of hydrogen-bond donors (Lipinski definition) is 2. The minimum absolute atomic E-state index is 0.0488. The smallest absolute Gasteiger partial charge is 0.225 e. The number of rotatable bonds is 9. The van der Waals surface area contributed by atoms with Crippen molar-refractivity contribution in [2.24, 2.45) is 0 Å². The van der Waals surface area contributed by atoms with E-state index in [0.717, 1.165) is 11.3 Å². The van der Waals surface area contributed by atoms with E-state index in [9.17, 15) is 4.79 Å². The maximum absolute atomic E-state index is 12.2. The summed E-state index contributed by atoms with van der Waals surface area (Å²) in [5.41, 5.74) is 1.77. The summed E-state index contributed by atoms with van der Waals surface area (Å²) in [6.45, 7) is 5.15. The molecule has 1 amide bonds. The Morgan fingerprint density at radius 2 is 1.72 bits per heavy atom. The molecule has 134 valence electrons. The predicted molar refractivity (Wildman–Crippen MR) is 100 cm³/mol. The van der Waals surface area contributed by atoms with Gasteiger partial charge in [-0.2, -0.15) is 0 Å². The average Bonchev–Trinajstić information content (AvgIpc) is 2.60. The Kier molecular flexibility index (Phi) is 7.29. The Bertz CT molecular complexity index is 686. The zero-order valence-corrected chi connectivity index (χ0v) is 15.0. The van der Waals surface area contributed by atoms with Gasteiger partial charge in [0.1, 0.15) is 11.5 Å². The van der Waals surface area contributed by atoms with Crippen molar-refractivity contribution in [2.75, 3.05) is 19.0 Å². The molecule has 0 bridgehead atoms. The number of benzene rings is 2. The molecule has 0 aromatic heterocycles. The van der Waals surface area contributed by atoms with Crippen molar-refractivity contribution >= 4 is 11.6 Å². The van der Waals surface area contributed by atoms with Gasteiger partial charge in [-0.25, -0.2) is 0 Å². The van der Waals surface area contributed by atoms with Crippen LogP contribution < -0.4 is 20.1 Å². The van der Waals surface area contributed by atoms with Crippen molar-refractivity contribution in [1.29, 1.82) is 0 Å². The van der Waals surface area contributed by atoms with Crippen molar-refractivity contribution in [3.05, 3.63) is 54.1 Å². The second kappa shape index (κ2) is 9.69. The molecule has 0 saturated carbocycles. The Morgan fingerprint density at radius 3 is 2.44 bits per heavy atom. The first-order valence-electron chi connectivity index (χ1n) is 8.48. The average molecular weight is 342 g/mol. The standard InChI is InChI=1S/C20H26N2O3/c1-15(2)25-19-11-7-5-9-17(19)22-20(23)12-13-21-14-16-8-4-6-10-18(16)24-3/h4-11,15,21H,12-14H2,1-3H3,(H,22,23). The molecule has 0 fully saturated rings. The predicted octanol–water partition coefficient (Wildman–Crippen LogP) is 3.60. The minimum atomic E-state index is -0.0488. The molecule has 25 heavy (non-hydrogen) atoms. The van der Waals surface area contributed by atoms with Gasteiger partial charge in [0, 0.05) is 25.1 Å². The Hall–Kier alpha value is -2.53. The number of ether oxygens (including phenoxy) is 2. The molecule has 2 N–H and O–H groups in total. The summed E-state index contributed by atoms with van der Waals surface area (Å²) in [6, 6.07) is 15.3. The quantitative estimate of drug-likeness (QED) is 0.684. The van der Waals surface area contributed by atoms with Crippen LogP contribution in [-0.2, 0) is 11.3 Å². The number of carbonyl (C=O) groups excluding carboxylic acids is 1. The van der Waals surface area contributed by atoms with Crippen molar-refractivity contribution < 1.29 is 14.3 Å². The highest BCUT2D eigenvalue weighted by Crippen LogP contribution is 2.24. The lowest BCUT2D eigenvalue weighted by Crippen LogP contribution is -2.22. The Morgan fingerprint density at radius 1 is 1.04 bits per heavy atom. The normalized spacial score (nSPS) is 10.6. The van der Waals surface area contributed by atoms with Gasteiger partial charge in [0.15, 0.2) is 0 Å². The molecule has 0 saturated heterocycles.